The Morgan fingerprint density at radius 1 is 1.25 bits per heavy atom. The Balaban J connectivity index is 2.08. The summed E-state index contributed by atoms with van der Waals surface area (Å²) in [6, 6.07) is 5.69. The number of benzene rings is 1. The van der Waals surface area contributed by atoms with Gasteiger partial charge in [-0.2, -0.15) is 0 Å². The van der Waals surface area contributed by atoms with Gasteiger partial charge in [0.05, 0.1) is 15.2 Å². The summed E-state index contributed by atoms with van der Waals surface area (Å²) >= 11 is 9.41. The molecule has 1 heterocycles. The minimum Gasteiger partial charge on any atom is -0.380 e. The summed E-state index contributed by atoms with van der Waals surface area (Å²) in [5.41, 5.74) is 1.98. The molecule has 2 rings (SSSR count). The van der Waals surface area contributed by atoms with Gasteiger partial charge in [-0.15, -0.1) is 0 Å². The van der Waals surface area contributed by atoms with E-state index in [2.05, 4.69) is 31.2 Å². The van der Waals surface area contributed by atoms with Gasteiger partial charge in [-0.05, 0) is 28.1 Å². The quantitative estimate of drug-likeness (QED) is 0.942. The Labute approximate surface area is 107 Å². The maximum absolute atomic E-state index is 5.98. The van der Waals surface area contributed by atoms with Crippen LogP contribution < -0.4 is 5.32 Å². The van der Waals surface area contributed by atoms with Gasteiger partial charge in [0.2, 0.25) is 0 Å². The summed E-state index contributed by atoms with van der Waals surface area (Å²) in [5, 5.41) is 3.95. The summed E-state index contributed by atoms with van der Waals surface area (Å²) in [4.78, 5) is 7.90. The Bertz CT molecular complexity index is 476. The number of rotatable bonds is 3. The van der Waals surface area contributed by atoms with Crippen LogP contribution in [0.4, 0.5) is 5.69 Å². The minimum absolute atomic E-state index is 0.666. The van der Waals surface area contributed by atoms with E-state index in [-0.39, 0.29) is 0 Å². The summed E-state index contributed by atoms with van der Waals surface area (Å²) in [6.45, 7) is 0.666. The molecule has 0 atom stereocenters. The fourth-order valence-electron chi connectivity index (χ4n) is 1.26. The fourth-order valence-corrected chi connectivity index (χ4v) is 1.84. The Morgan fingerprint density at radius 3 is 2.75 bits per heavy atom. The first-order chi connectivity index (χ1) is 7.77. The summed E-state index contributed by atoms with van der Waals surface area (Å²) in [5.74, 6) is 0. The van der Waals surface area contributed by atoms with E-state index in [0.29, 0.717) is 11.6 Å². The molecule has 0 saturated heterocycles. The van der Waals surface area contributed by atoms with Crippen LogP contribution in [0, 0.1) is 0 Å². The topological polar surface area (TPSA) is 37.8 Å². The van der Waals surface area contributed by atoms with E-state index in [4.69, 9.17) is 11.6 Å². The molecule has 2 aromatic rings. The van der Waals surface area contributed by atoms with Gasteiger partial charge in [0, 0.05) is 24.5 Å². The Morgan fingerprint density at radius 2 is 2.00 bits per heavy atom. The Hall–Kier alpha value is -1.13. The third-order valence-electron chi connectivity index (χ3n) is 2.05. The number of nitrogens with zero attached hydrogens (tertiary/aromatic N) is 2. The number of anilines is 1. The van der Waals surface area contributed by atoms with Crippen molar-refractivity contribution >= 4 is 33.2 Å². The zero-order chi connectivity index (χ0) is 11.4. The molecule has 0 fully saturated rings. The van der Waals surface area contributed by atoms with Gasteiger partial charge in [0.1, 0.15) is 6.33 Å². The van der Waals surface area contributed by atoms with Gasteiger partial charge in [-0.3, -0.25) is 0 Å². The molecule has 0 bridgehead atoms. The van der Waals surface area contributed by atoms with Crippen LogP contribution in [0.2, 0.25) is 5.02 Å². The zero-order valence-electron chi connectivity index (χ0n) is 8.32. The van der Waals surface area contributed by atoms with E-state index in [1.165, 1.54) is 6.33 Å². The average Bonchev–Trinajstić information content (AvgIpc) is 2.32. The third kappa shape index (κ3) is 2.71. The number of aromatic nitrogens is 2. The first-order valence-electron chi connectivity index (χ1n) is 4.69. The number of nitrogens with one attached hydrogen (secondary N) is 1. The van der Waals surface area contributed by atoms with Crippen LogP contribution in [0.15, 0.2) is 41.4 Å². The molecule has 1 N–H and O–H groups in total. The molecule has 0 aliphatic carbocycles. The van der Waals surface area contributed by atoms with E-state index in [1.807, 2.05) is 18.2 Å². The van der Waals surface area contributed by atoms with Gasteiger partial charge >= 0.3 is 0 Å². The van der Waals surface area contributed by atoms with Crippen molar-refractivity contribution in [1.82, 2.24) is 9.97 Å². The molecule has 1 aromatic carbocycles. The lowest BCUT2D eigenvalue weighted by Crippen LogP contribution is -2.00. The van der Waals surface area contributed by atoms with Crippen molar-refractivity contribution in [2.45, 2.75) is 6.54 Å². The van der Waals surface area contributed by atoms with Gasteiger partial charge in [-0.25, -0.2) is 9.97 Å². The maximum Gasteiger partial charge on any atom is 0.115 e. The minimum atomic E-state index is 0.666. The van der Waals surface area contributed by atoms with Crippen LogP contribution in [0.25, 0.3) is 0 Å². The molecule has 0 amide bonds. The molecular formula is C11H9BrClN3. The number of hydrogen-bond donors (Lipinski definition) is 1. The van der Waals surface area contributed by atoms with Crippen molar-refractivity contribution < 1.29 is 0 Å². The lowest BCUT2D eigenvalue weighted by molar-refractivity contribution is 1.05. The van der Waals surface area contributed by atoms with Gasteiger partial charge in [0.15, 0.2) is 0 Å². The molecule has 1 aromatic heterocycles. The first-order valence-corrected chi connectivity index (χ1v) is 5.86. The second-order valence-electron chi connectivity index (χ2n) is 3.20. The molecular weight excluding hydrogens is 289 g/mol. The predicted octanol–water partition coefficient (Wildman–Crippen LogP) is 3.50. The van der Waals surface area contributed by atoms with Gasteiger partial charge < -0.3 is 5.32 Å². The van der Waals surface area contributed by atoms with Crippen molar-refractivity contribution in [3.63, 3.8) is 0 Å². The lowest BCUT2D eigenvalue weighted by atomic mass is 10.3. The highest BCUT2D eigenvalue weighted by molar-refractivity contribution is 9.10. The van der Waals surface area contributed by atoms with E-state index in [1.54, 1.807) is 12.4 Å². The molecule has 3 nitrogen and oxygen atoms in total. The van der Waals surface area contributed by atoms with Crippen molar-refractivity contribution in [3.05, 3.63) is 52.0 Å². The molecule has 5 heteroatoms. The van der Waals surface area contributed by atoms with Crippen molar-refractivity contribution in [2.75, 3.05) is 5.32 Å². The monoisotopic (exact) mass is 297 g/mol. The maximum atomic E-state index is 5.98. The first kappa shape index (κ1) is 11.4. The number of hydrogen-bond acceptors (Lipinski definition) is 3. The molecule has 82 valence electrons. The van der Waals surface area contributed by atoms with E-state index in [0.717, 1.165) is 15.7 Å². The Kier molecular flexibility index (Phi) is 3.74. The zero-order valence-corrected chi connectivity index (χ0v) is 10.7. The molecule has 0 aliphatic rings. The van der Waals surface area contributed by atoms with E-state index in [9.17, 15) is 0 Å². The SMILES string of the molecule is Clc1cccc(NCc2cncnc2)c1Br. The van der Waals surface area contributed by atoms with Crippen LogP contribution in [-0.2, 0) is 6.54 Å². The molecule has 16 heavy (non-hydrogen) atoms. The van der Waals surface area contributed by atoms with Crippen molar-refractivity contribution in [2.24, 2.45) is 0 Å². The molecule has 0 saturated carbocycles. The molecule has 0 radical (unpaired) electrons. The highest BCUT2D eigenvalue weighted by atomic mass is 79.9. The van der Waals surface area contributed by atoms with Crippen LogP contribution in [0.1, 0.15) is 5.56 Å². The van der Waals surface area contributed by atoms with Crippen LogP contribution in [0.5, 0.6) is 0 Å². The average molecular weight is 299 g/mol. The summed E-state index contributed by atoms with van der Waals surface area (Å²) in [7, 11) is 0. The smallest absolute Gasteiger partial charge is 0.115 e. The molecule has 0 spiro atoms. The van der Waals surface area contributed by atoms with Crippen molar-refractivity contribution in [3.8, 4) is 0 Å². The van der Waals surface area contributed by atoms with Gasteiger partial charge in [0.25, 0.3) is 0 Å². The highest BCUT2D eigenvalue weighted by Crippen LogP contribution is 2.30. The number of halogens is 2. The summed E-state index contributed by atoms with van der Waals surface area (Å²) in [6.07, 6.45) is 5.07. The van der Waals surface area contributed by atoms with Crippen LogP contribution in [-0.4, -0.2) is 9.97 Å². The van der Waals surface area contributed by atoms with Crippen LogP contribution in [0.3, 0.4) is 0 Å². The molecule has 0 unspecified atom stereocenters. The van der Waals surface area contributed by atoms with Crippen LogP contribution >= 0.6 is 27.5 Å². The second-order valence-corrected chi connectivity index (χ2v) is 4.40. The fraction of sp³-hybridized carbons (Fsp3) is 0.0909. The largest absolute Gasteiger partial charge is 0.380 e. The standard InChI is InChI=1S/C11H9BrClN3/c12-11-9(13)2-1-3-10(11)16-6-8-4-14-7-15-5-8/h1-5,7,16H,6H2. The van der Waals surface area contributed by atoms with Gasteiger partial charge in [-0.1, -0.05) is 17.7 Å². The predicted molar refractivity (Wildman–Crippen MR) is 68.5 cm³/mol. The lowest BCUT2D eigenvalue weighted by Gasteiger charge is -2.08. The normalized spacial score (nSPS) is 10.1. The molecule has 0 aliphatic heterocycles. The third-order valence-corrected chi connectivity index (χ3v) is 3.45. The second kappa shape index (κ2) is 5.27. The van der Waals surface area contributed by atoms with Crippen molar-refractivity contribution in [1.29, 1.82) is 0 Å². The summed E-state index contributed by atoms with van der Waals surface area (Å²) < 4.78 is 0.869. The van der Waals surface area contributed by atoms with E-state index >= 15 is 0 Å². The highest BCUT2D eigenvalue weighted by Gasteiger charge is 2.02. The van der Waals surface area contributed by atoms with E-state index < -0.39 is 0 Å².